The summed E-state index contributed by atoms with van der Waals surface area (Å²) in [5.41, 5.74) is 0.376. The van der Waals surface area contributed by atoms with Gasteiger partial charge in [0.2, 0.25) is 11.8 Å². The van der Waals surface area contributed by atoms with Gasteiger partial charge in [-0.15, -0.1) is 0 Å². The number of nitrogens with one attached hydrogen (secondary N) is 2. The van der Waals surface area contributed by atoms with Crippen molar-refractivity contribution >= 4 is 11.7 Å². The van der Waals surface area contributed by atoms with E-state index in [1.54, 1.807) is 0 Å². The molecule has 0 aliphatic carbocycles. The summed E-state index contributed by atoms with van der Waals surface area (Å²) in [6.07, 6.45) is -11.4. The summed E-state index contributed by atoms with van der Waals surface area (Å²) >= 11 is 0. The monoisotopic (exact) mass is 275 g/mol. The van der Waals surface area contributed by atoms with Gasteiger partial charge in [-0.25, -0.2) is 0 Å². The quantitative estimate of drug-likeness (QED) is 0.814. The highest BCUT2D eigenvalue weighted by Gasteiger charge is 2.61. The lowest BCUT2D eigenvalue weighted by Crippen LogP contribution is -2.45. The molecule has 10 heteroatoms. The van der Waals surface area contributed by atoms with Crippen LogP contribution >= 0.6 is 0 Å². The van der Waals surface area contributed by atoms with Crippen LogP contribution < -0.4 is 5.32 Å². The minimum Gasteiger partial charge on any atom is -0.308 e. The maximum Gasteiger partial charge on any atom is 0.409 e. The second-order valence-corrected chi connectivity index (χ2v) is 3.44. The average molecular weight is 275 g/mol. The zero-order chi connectivity index (χ0) is 14.1. The van der Waals surface area contributed by atoms with Gasteiger partial charge in [0.1, 0.15) is 0 Å². The van der Waals surface area contributed by atoms with Gasteiger partial charge in [-0.1, -0.05) is 0 Å². The van der Waals surface area contributed by atoms with Gasteiger partial charge in [0.15, 0.2) is 5.82 Å². The molecule has 0 fully saturated rings. The third-order valence-corrected chi connectivity index (χ3v) is 1.87. The Kier molecular flexibility index (Phi) is 3.58. The number of halogens is 6. The topological polar surface area (TPSA) is 57.8 Å². The van der Waals surface area contributed by atoms with Crippen molar-refractivity contribution in [3.63, 3.8) is 0 Å². The fourth-order valence-electron chi connectivity index (χ4n) is 1.16. The van der Waals surface area contributed by atoms with Crippen molar-refractivity contribution in [2.45, 2.75) is 19.3 Å². The molecular weight excluding hydrogens is 268 g/mol. The van der Waals surface area contributed by atoms with Crippen LogP contribution in [-0.2, 0) is 4.79 Å². The molecular formula is C8H7F6N3O. The van der Waals surface area contributed by atoms with Gasteiger partial charge in [-0.2, -0.15) is 31.4 Å². The summed E-state index contributed by atoms with van der Waals surface area (Å²) < 4.78 is 73.0. The van der Waals surface area contributed by atoms with E-state index in [2.05, 4.69) is 10.2 Å². The van der Waals surface area contributed by atoms with Crippen molar-refractivity contribution in [3.8, 4) is 0 Å². The molecule has 4 nitrogen and oxygen atoms in total. The number of aromatic amines is 1. The Hall–Kier alpha value is -1.74. The van der Waals surface area contributed by atoms with E-state index in [4.69, 9.17) is 0 Å². The number of carbonyl (C=O) groups excluding carboxylic acids is 1. The number of H-pyrrole nitrogens is 1. The first-order valence-corrected chi connectivity index (χ1v) is 4.48. The summed E-state index contributed by atoms with van der Waals surface area (Å²) in [4.78, 5) is 11.0. The van der Waals surface area contributed by atoms with E-state index in [1.807, 2.05) is 0 Å². The maximum absolute atomic E-state index is 12.2. The SMILES string of the molecule is Cc1cc(NC(=O)C(C(F)(F)F)C(F)(F)F)n[nH]1. The number of alkyl halides is 6. The molecule has 0 aliphatic heterocycles. The average Bonchev–Trinajstić information content (AvgIpc) is 2.44. The van der Waals surface area contributed by atoms with Gasteiger partial charge in [-0.3, -0.25) is 9.89 Å². The predicted octanol–water partition coefficient (Wildman–Crippen LogP) is 2.40. The fourth-order valence-corrected chi connectivity index (χ4v) is 1.16. The summed E-state index contributed by atoms with van der Waals surface area (Å²) in [6, 6.07) is 1.10. The van der Waals surface area contributed by atoms with Crippen molar-refractivity contribution in [1.29, 1.82) is 0 Å². The Labute approximate surface area is 96.4 Å². The molecule has 18 heavy (non-hydrogen) atoms. The van der Waals surface area contributed by atoms with Crippen molar-refractivity contribution < 1.29 is 31.1 Å². The number of nitrogens with zero attached hydrogens (tertiary/aromatic N) is 1. The minimum absolute atomic E-state index is 0.376. The number of hydrogen-bond acceptors (Lipinski definition) is 2. The van der Waals surface area contributed by atoms with Gasteiger partial charge in [0, 0.05) is 11.8 Å². The Bertz CT molecular complexity index is 421. The van der Waals surface area contributed by atoms with Gasteiger partial charge >= 0.3 is 12.4 Å². The Morgan fingerprint density at radius 3 is 2.11 bits per heavy atom. The van der Waals surface area contributed by atoms with Crippen molar-refractivity contribution in [2.75, 3.05) is 5.32 Å². The van der Waals surface area contributed by atoms with Crippen molar-refractivity contribution in [2.24, 2.45) is 5.92 Å². The Morgan fingerprint density at radius 2 is 1.78 bits per heavy atom. The molecule has 0 atom stereocenters. The van der Waals surface area contributed by atoms with Gasteiger partial charge in [-0.05, 0) is 6.92 Å². The van der Waals surface area contributed by atoms with E-state index in [9.17, 15) is 31.1 Å². The van der Waals surface area contributed by atoms with Crippen LogP contribution in [0.3, 0.4) is 0 Å². The summed E-state index contributed by atoms with van der Waals surface area (Å²) in [5, 5.41) is 7.03. The Balaban J connectivity index is 2.91. The lowest BCUT2D eigenvalue weighted by atomic mass is 10.1. The molecule has 1 aromatic rings. The molecule has 0 aromatic carbocycles. The zero-order valence-corrected chi connectivity index (χ0v) is 8.78. The molecule has 0 unspecified atom stereocenters. The molecule has 1 rings (SSSR count). The van der Waals surface area contributed by atoms with E-state index in [0.717, 1.165) is 6.07 Å². The van der Waals surface area contributed by atoms with E-state index >= 15 is 0 Å². The normalized spacial score (nSPS) is 12.9. The number of anilines is 1. The van der Waals surface area contributed by atoms with Crippen LogP contribution in [0.15, 0.2) is 6.07 Å². The number of hydrogen-bond donors (Lipinski definition) is 2. The lowest BCUT2D eigenvalue weighted by Gasteiger charge is -2.21. The summed E-state index contributed by atoms with van der Waals surface area (Å²) in [5.74, 6) is -6.71. The smallest absolute Gasteiger partial charge is 0.308 e. The summed E-state index contributed by atoms with van der Waals surface area (Å²) in [6.45, 7) is 1.47. The van der Waals surface area contributed by atoms with Crippen LogP contribution in [0.5, 0.6) is 0 Å². The molecule has 102 valence electrons. The molecule has 0 radical (unpaired) electrons. The second kappa shape index (κ2) is 4.50. The van der Waals surface area contributed by atoms with Crippen LogP contribution in [-0.4, -0.2) is 28.5 Å². The van der Waals surface area contributed by atoms with E-state index in [1.165, 1.54) is 12.2 Å². The highest BCUT2D eigenvalue weighted by atomic mass is 19.4. The van der Waals surface area contributed by atoms with Crippen LogP contribution in [0.1, 0.15) is 5.69 Å². The van der Waals surface area contributed by atoms with Crippen molar-refractivity contribution in [3.05, 3.63) is 11.8 Å². The zero-order valence-electron chi connectivity index (χ0n) is 8.78. The molecule has 0 aliphatic rings. The predicted molar refractivity (Wildman–Crippen MR) is 47.6 cm³/mol. The Morgan fingerprint density at radius 1 is 1.28 bits per heavy atom. The number of amides is 1. The molecule has 0 bridgehead atoms. The summed E-state index contributed by atoms with van der Waals surface area (Å²) in [7, 11) is 0. The first-order valence-electron chi connectivity index (χ1n) is 4.48. The third-order valence-electron chi connectivity index (χ3n) is 1.87. The maximum atomic E-state index is 12.2. The van der Waals surface area contributed by atoms with Gasteiger partial charge < -0.3 is 5.32 Å². The van der Waals surface area contributed by atoms with E-state index in [0.29, 0.717) is 5.69 Å². The van der Waals surface area contributed by atoms with Crippen LogP contribution in [0.4, 0.5) is 32.2 Å². The second-order valence-electron chi connectivity index (χ2n) is 3.44. The van der Waals surface area contributed by atoms with E-state index < -0.39 is 30.0 Å². The number of aryl methyl sites for hydroxylation is 1. The standard InChI is InChI=1S/C8H7F6N3O/c1-3-2-4(17-16-3)15-6(18)5(7(9,10)11)8(12,13)14/h2,5H,1H3,(H2,15,16,17,18). The van der Waals surface area contributed by atoms with Gasteiger partial charge in [0.25, 0.3) is 0 Å². The highest BCUT2D eigenvalue weighted by molar-refractivity contribution is 5.92. The lowest BCUT2D eigenvalue weighted by molar-refractivity contribution is -0.272. The van der Waals surface area contributed by atoms with Crippen LogP contribution in [0.2, 0.25) is 0 Å². The first kappa shape index (κ1) is 14.3. The molecule has 0 saturated carbocycles. The molecule has 1 aromatic heterocycles. The number of rotatable bonds is 2. The van der Waals surface area contributed by atoms with Gasteiger partial charge in [0.05, 0.1) is 0 Å². The van der Waals surface area contributed by atoms with Crippen LogP contribution in [0, 0.1) is 12.8 Å². The minimum atomic E-state index is -5.71. The molecule has 0 spiro atoms. The van der Waals surface area contributed by atoms with Crippen molar-refractivity contribution in [1.82, 2.24) is 10.2 Å². The molecule has 2 N–H and O–H groups in total. The number of aromatic nitrogens is 2. The van der Waals surface area contributed by atoms with Crippen LogP contribution in [0.25, 0.3) is 0 Å². The van der Waals surface area contributed by atoms with E-state index in [-0.39, 0.29) is 0 Å². The first-order chi connectivity index (χ1) is 8.01. The molecule has 0 saturated heterocycles. The number of carbonyl (C=O) groups is 1. The fraction of sp³-hybridized carbons (Fsp3) is 0.500. The molecule has 1 amide bonds. The third kappa shape index (κ3) is 3.37. The highest BCUT2D eigenvalue weighted by Crippen LogP contribution is 2.39. The molecule has 1 heterocycles. The largest absolute Gasteiger partial charge is 0.409 e.